The number of nitrogens with zero attached hydrogens (tertiary/aromatic N) is 2. The molecule has 2 fully saturated rings. The molecule has 2 rings (SSSR count). The Labute approximate surface area is 123 Å². The van der Waals surface area contributed by atoms with Crippen molar-refractivity contribution in [3.05, 3.63) is 0 Å². The minimum absolute atomic E-state index is 0. The molecule has 19 heavy (non-hydrogen) atoms. The lowest BCUT2D eigenvalue weighted by molar-refractivity contribution is -0.137. The van der Waals surface area contributed by atoms with E-state index in [0.717, 1.165) is 32.4 Å². The van der Waals surface area contributed by atoms with Crippen LogP contribution in [0.5, 0.6) is 0 Å². The van der Waals surface area contributed by atoms with Crippen molar-refractivity contribution in [1.29, 1.82) is 0 Å². The third-order valence-corrected chi connectivity index (χ3v) is 4.69. The quantitative estimate of drug-likeness (QED) is 0.859. The Hall–Kier alpha value is -0.320. The van der Waals surface area contributed by atoms with Gasteiger partial charge in [0, 0.05) is 25.2 Å². The fraction of sp³-hybridized carbons (Fsp3) is 0.929. The van der Waals surface area contributed by atoms with Crippen molar-refractivity contribution in [3.8, 4) is 0 Å². The highest BCUT2D eigenvalue weighted by atomic mass is 35.5. The molecular weight excluding hydrogens is 262 g/mol. The Balaban J connectivity index is 0.00000180. The van der Waals surface area contributed by atoms with Gasteiger partial charge in [0.05, 0.1) is 5.54 Å². The monoisotopic (exact) mass is 289 g/mol. The molecule has 1 amide bonds. The molecule has 0 radical (unpaired) electrons. The van der Waals surface area contributed by atoms with Crippen molar-refractivity contribution in [3.63, 3.8) is 0 Å². The predicted octanol–water partition coefficient (Wildman–Crippen LogP) is 1.62. The molecule has 5 heteroatoms. The summed E-state index contributed by atoms with van der Waals surface area (Å²) in [5.74, 6) is 0.144. The van der Waals surface area contributed by atoms with Crippen molar-refractivity contribution in [2.24, 2.45) is 5.73 Å². The Morgan fingerprint density at radius 2 is 1.95 bits per heavy atom. The summed E-state index contributed by atoms with van der Waals surface area (Å²) in [5, 5.41) is 0. The minimum Gasteiger partial charge on any atom is -0.339 e. The molecule has 2 bridgehead atoms. The Bertz CT molecular complexity index is 322. The van der Waals surface area contributed by atoms with Gasteiger partial charge in [-0.25, -0.2) is 0 Å². The van der Waals surface area contributed by atoms with Gasteiger partial charge in [-0.05, 0) is 39.7 Å². The molecule has 0 saturated carbocycles. The fourth-order valence-electron chi connectivity index (χ4n) is 3.48. The van der Waals surface area contributed by atoms with Gasteiger partial charge >= 0.3 is 0 Å². The van der Waals surface area contributed by atoms with Gasteiger partial charge in [-0.15, -0.1) is 12.4 Å². The highest BCUT2D eigenvalue weighted by Gasteiger charge is 2.39. The van der Waals surface area contributed by atoms with E-state index >= 15 is 0 Å². The average Bonchev–Trinajstić information content (AvgIpc) is 2.52. The van der Waals surface area contributed by atoms with E-state index < -0.39 is 5.54 Å². The number of likely N-dealkylation sites (tertiary alicyclic amines) is 1. The largest absolute Gasteiger partial charge is 0.339 e. The first-order valence-electron chi connectivity index (χ1n) is 7.26. The topological polar surface area (TPSA) is 49.6 Å². The van der Waals surface area contributed by atoms with Crippen LogP contribution >= 0.6 is 12.4 Å². The highest BCUT2D eigenvalue weighted by Crippen LogP contribution is 2.29. The van der Waals surface area contributed by atoms with Crippen LogP contribution in [0.4, 0.5) is 0 Å². The summed E-state index contributed by atoms with van der Waals surface area (Å²) >= 11 is 0. The number of fused-ring (bicyclic) bond motifs is 2. The summed E-state index contributed by atoms with van der Waals surface area (Å²) < 4.78 is 0. The van der Waals surface area contributed by atoms with Crippen molar-refractivity contribution < 1.29 is 4.79 Å². The number of rotatable bonds is 3. The Morgan fingerprint density at radius 3 is 2.58 bits per heavy atom. The van der Waals surface area contributed by atoms with Gasteiger partial charge in [-0.2, -0.15) is 0 Å². The second-order valence-corrected chi connectivity index (χ2v) is 6.26. The molecule has 0 spiro atoms. The molecule has 2 aliphatic rings. The number of nitrogens with two attached hydrogens (primary N) is 1. The molecule has 0 aromatic heterocycles. The smallest absolute Gasteiger partial charge is 0.242 e. The molecule has 112 valence electrons. The zero-order chi connectivity index (χ0) is 13.3. The van der Waals surface area contributed by atoms with Crippen LogP contribution in [-0.4, -0.2) is 53.5 Å². The molecule has 0 aromatic carbocycles. The van der Waals surface area contributed by atoms with Gasteiger partial charge in [-0.3, -0.25) is 9.69 Å². The van der Waals surface area contributed by atoms with Crippen molar-refractivity contribution in [2.75, 3.05) is 20.1 Å². The summed E-state index contributed by atoms with van der Waals surface area (Å²) in [6.45, 7) is 5.70. The second-order valence-electron chi connectivity index (χ2n) is 6.26. The third-order valence-electron chi connectivity index (χ3n) is 4.69. The maximum atomic E-state index is 12.5. The molecule has 2 heterocycles. The zero-order valence-electron chi connectivity index (χ0n) is 12.4. The lowest BCUT2D eigenvalue weighted by atomic mass is 9.95. The molecule has 3 atom stereocenters. The number of hydrogen-bond donors (Lipinski definition) is 1. The van der Waals surface area contributed by atoms with Crippen LogP contribution < -0.4 is 5.73 Å². The van der Waals surface area contributed by atoms with E-state index in [1.165, 1.54) is 12.8 Å². The Morgan fingerprint density at radius 1 is 1.32 bits per heavy atom. The first kappa shape index (κ1) is 16.7. The van der Waals surface area contributed by atoms with Gasteiger partial charge in [-0.1, -0.05) is 13.3 Å². The van der Waals surface area contributed by atoms with E-state index in [2.05, 4.69) is 18.9 Å². The molecular formula is C14H28ClN3O. The van der Waals surface area contributed by atoms with Crippen LogP contribution in [0, 0.1) is 0 Å². The molecule has 2 N–H and O–H groups in total. The predicted molar refractivity (Wildman–Crippen MR) is 80.5 cm³/mol. The number of carbonyl (C=O) groups is 1. The van der Waals surface area contributed by atoms with Crippen molar-refractivity contribution in [2.45, 2.75) is 63.6 Å². The van der Waals surface area contributed by atoms with Gasteiger partial charge < -0.3 is 10.6 Å². The van der Waals surface area contributed by atoms with E-state index in [1.54, 1.807) is 0 Å². The van der Waals surface area contributed by atoms with Crippen LogP contribution in [0.3, 0.4) is 0 Å². The number of likely N-dealkylation sites (N-methyl/N-ethyl adjacent to an activating group) is 1. The van der Waals surface area contributed by atoms with Crippen LogP contribution in [0.15, 0.2) is 0 Å². The van der Waals surface area contributed by atoms with Crippen molar-refractivity contribution in [1.82, 2.24) is 9.80 Å². The normalized spacial score (nSPS) is 30.4. The van der Waals surface area contributed by atoms with Crippen molar-refractivity contribution >= 4 is 18.3 Å². The van der Waals surface area contributed by atoms with Gasteiger partial charge in [0.2, 0.25) is 5.91 Å². The van der Waals surface area contributed by atoms with Crippen LogP contribution in [0.2, 0.25) is 0 Å². The third kappa shape index (κ3) is 3.41. The van der Waals surface area contributed by atoms with Crippen LogP contribution in [0.1, 0.15) is 46.0 Å². The first-order valence-corrected chi connectivity index (χ1v) is 7.26. The summed E-state index contributed by atoms with van der Waals surface area (Å²) in [5.41, 5.74) is 5.50. The minimum atomic E-state index is -0.684. The second kappa shape index (κ2) is 6.42. The summed E-state index contributed by atoms with van der Waals surface area (Å²) in [6, 6.07) is 1.21. The number of amides is 1. The van der Waals surface area contributed by atoms with E-state index in [-0.39, 0.29) is 18.3 Å². The summed E-state index contributed by atoms with van der Waals surface area (Å²) in [6.07, 6.45) is 5.34. The average molecular weight is 290 g/mol. The molecule has 3 unspecified atom stereocenters. The highest BCUT2D eigenvalue weighted by molar-refractivity contribution is 5.86. The van der Waals surface area contributed by atoms with E-state index in [9.17, 15) is 4.79 Å². The number of halogens is 1. The summed E-state index contributed by atoms with van der Waals surface area (Å²) in [7, 11) is 2.20. The van der Waals surface area contributed by atoms with Gasteiger partial charge in [0.1, 0.15) is 0 Å². The fourth-order valence-corrected chi connectivity index (χ4v) is 3.48. The lowest BCUT2D eigenvalue weighted by Crippen LogP contribution is -2.54. The first-order chi connectivity index (χ1) is 8.45. The number of hydrogen-bond acceptors (Lipinski definition) is 3. The molecule has 0 aliphatic carbocycles. The zero-order valence-corrected chi connectivity index (χ0v) is 13.2. The van der Waals surface area contributed by atoms with Gasteiger partial charge in [0.25, 0.3) is 0 Å². The lowest BCUT2D eigenvalue weighted by Gasteiger charge is -2.33. The van der Waals surface area contributed by atoms with Crippen LogP contribution in [0.25, 0.3) is 0 Å². The molecule has 2 aliphatic heterocycles. The maximum absolute atomic E-state index is 12.5. The van der Waals surface area contributed by atoms with Gasteiger partial charge in [0.15, 0.2) is 0 Å². The number of carbonyl (C=O) groups excluding carboxylic acids is 1. The molecule has 4 nitrogen and oxygen atoms in total. The molecule has 0 aromatic rings. The standard InChI is InChI=1S/C14H27N3O.ClH/c1-4-8-14(2,15)13(18)17-9-7-11-5-6-12(10-17)16(11)3;/h11-12H,4-10,15H2,1-3H3;1H. The maximum Gasteiger partial charge on any atom is 0.242 e. The van der Waals surface area contributed by atoms with E-state index in [1.807, 2.05) is 11.8 Å². The summed E-state index contributed by atoms with van der Waals surface area (Å²) in [4.78, 5) is 17.0. The van der Waals surface area contributed by atoms with E-state index in [0.29, 0.717) is 12.1 Å². The van der Waals surface area contributed by atoms with E-state index in [4.69, 9.17) is 5.73 Å². The van der Waals surface area contributed by atoms with Crippen LogP contribution in [-0.2, 0) is 4.79 Å². The Kier molecular flexibility index (Phi) is 5.65. The SMILES string of the molecule is CCCC(C)(N)C(=O)N1CCC2CCC(C1)N2C.Cl. The molecule has 2 saturated heterocycles.